The zero-order valence-electron chi connectivity index (χ0n) is 4.09. The third-order valence-electron chi connectivity index (χ3n) is 0.744. The van der Waals surface area contributed by atoms with E-state index in [1.165, 1.54) is 0 Å². The van der Waals surface area contributed by atoms with Crippen LogP contribution >= 0.6 is 0 Å². The molecule has 1 aliphatic heterocycles. The van der Waals surface area contributed by atoms with E-state index >= 15 is 0 Å². The van der Waals surface area contributed by atoms with Crippen molar-refractivity contribution in [1.82, 2.24) is 0 Å². The zero-order valence-corrected chi connectivity index (χ0v) is 7.57. The Morgan fingerprint density at radius 1 is 0.714 bits per heavy atom. The number of hydrogen-bond donors (Lipinski definition) is 0. The summed E-state index contributed by atoms with van der Waals surface area (Å²) < 4.78 is 9.89. The minimum Gasteiger partial charge on any atom is -0.377 e. The van der Waals surface area contributed by atoms with E-state index in [1.54, 1.807) is 0 Å². The largest absolute Gasteiger partial charge is 0.377 e. The Labute approximate surface area is 62.3 Å². The molecule has 1 rings (SSSR count). The standard InChI is InChI=1S/C4H8O2.Bi/c1-2-6-4-3-5-1;/h1-4H2;. The summed E-state index contributed by atoms with van der Waals surface area (Å²) in [6, 6.07) is 0. The van der Waals surface area contributed by atoms with Crippen molar-refractivity contribution in [2.45, 2.75) is 0 Å². The van der Waals surface area contributed by atoms with Gasteiger partial charge in [-0.05, 0) is 0 Å². The molecular formula is C4H8BiO2. The van der Waals surface area contributed by atoms with Gasteiger partial charge in [-0.1, -0.05) is 0 Å². The molecular weight excluding hydrogens is 289 g/mol. The van der Waals surface area contributed by atoms with Gasteiger partial charge in [-0.25, -0.2) is 0 Å². The summed E-state index contributed by atoms with van der Waals surface area (Å²) in [6.07, 6.45) is 0. The molecule has 1 saturated heterocycles. The van der Waals surface area contributed by atoms with Crippen molar-refractivity contribution in [3.63, 3.8) is 0 Å². The monoisotopic (exact) mass is 297 g/mol. The van der Waals surface area contributed by atoms with Gasteiger partial charge in [0.05, 0.1) is 26.4 Å². The van der Waals surface area contributed by atoms with E-state index in [4.69, 9.17) is 9.47 Å². The van der Waals surface area contributed by atoms with Crippen LogP contribution in [0.3, 0.4) is 0 Å². The first-order valence-electron chi connectivity index (χ1n) is 2.15. The van der Waals surface area contributed by atoms with Crippen LogP contribution in [0, 0.1) is 0 Å². The molecule has 41 valence electrons. The summed E-state index contributed by atoms with van der Waals surface area (Å²) in [4.78, 5) is 0. The molecule has 0 saturated carbocycles. The van der Waals surface area contributed by atoms with Crippen LogP contribution in [-0.4, -0.2) is 52.6 Å². The Hall–Kier alpha value is 0.803. The Balaban J connectivity index is 0.000000360. The molecule has 2 nitrogen and oxygen atoms in total. The van der Waals surface area contributed by atoms with Crippen LogP contribution in [0.5, 0.6) is 0 Å². The average molecular weight is 297 g/mol. The van der Waals surface area contributed by atoms with Gasteiger partial charge in [0, 0.05) is 26.2 Å². The predicted octanol–water partition coefficient (Wildman–Crippen LogP) is -0.348. The first kappa shape index (κ1) is 7.80. The summed E-state index contributed by atoms with van der Waals surface area (Å²) in [5.41, 5.74) is 0. The molecule has 1 aliphatic rings. The molecule has 3 heteroatoms. The van der Waals surface area contributed by atoms with Crippen LogP contribution in [0.25, 0.3) is 0 Å². The molecule has 0 N–H and O–H groups in total. The van der Waals surface area contributed by atoms with E-state index in [1.807, 2.05) is 0 Å². The topological polar surface area (TPSA) is 18.5 Å². The van der Waals surface area contributed by atoms with Gasteiger partial charge < -0.3 is 9.47 Å². The van der Waals surface area contributed by atoms with Crippen LogP contribution in [-0.2, 0) is 9.47 Å². The Morgan fingerprint density at radius 3 is 1.14 bits per heavy atom. The van der Waals surface area contributed by atoms with Crippen molar-refractivity contribution in [1.29, 1.82) is 0 Å². The summed E-state index contributed by atoms with van der Waals surface area (Å²) in [6.45, 7) is 3.11. The maximum atomic E-state index is 4.94. The normalized spacial score (nSPS) is 20.6. The van der Waals surface area contributed by atoms with Gasteiger partial charge in [0.25, 0.3) is 0 Å². The van der Waals surface area contributed by atoms with E-state index in [-0.39, 0.29) is 26.2 Å². The van der Waals surface area contributed by atoms with Gasteiger partial charge in [0.15, 0.2) is 0 Å². The van der Waals surface area contributed by atoms with E-state index in [9.17, 15) is 0 Å². The van der Waals surface area contributed by atoms with E-state index in [0.717, 1.165) is 26.4 Å². The van der Waals surface area contributed by atoms with Gasteiger partial charge in [-0.2, -0.15) is 0 Å². The molecule has 0 unspecified atom stereocenters. The second-order valence-corrected chi connectivity index (χ2v) is 1.22. The van der Waals surface area contributed by atoms with Crippen LogP contribution in [0.1, 0.15) is 0 Å². The van der Waals surface area contributed by atoms with Crippen molar-refractivity contribution in [3.05, 3.63) is 0 Å². The molecule has 0 aromatic rings. The predicted molar refractivity (Wildman–Crippen MR) is 27.4 cm³/mol. The van der Waals surface area contributed by atoms with Crippen molar-refractivity contribution in [2.24, 2.45) is 0 Å². The molecule has 0 spiro atoms. The quantitative estimate of drug-likeness (QED) is 0.569. The van der Waals surface area contributed by atoms with Crippen molar-refractivity contribution < 1.29 is 9.47 Å². The fourth-order valence-electron chi connectivity index (χ4n) is 0.440. The first-order valence-corrected chi connectivity index (χ1v) is 2.15. The van der Waals surface area contributed by atoms with E-state index < -0.39 is 0 Å². The molecule has 0 aromatic carbocycles. The SMILES string of the molecule is C1COCCO1.[Bi]. The zero-order chi connectivity index (χ0) is 4.24. The average Bonchev–Trinajstić information content (AvgIpc) is 1.72. The Bertz CT molecular complexity index is 25.2. The minimum absolute atomic E-state index is 0. The fourth-order valence-corrected chi connectivity index (χ4v) is 0.440. The van der Waals surface area contributed by atoms with Crippen LogP contribution in [0.2, 0.25) is 0 Å². The van der Waals surface area contributed by atoms with Gasteiger partial charge in [-0.15, -0.1) is 0 Å². The van der Waals surface area contributed by atoms with Gasteiger partial charge >= 0.3 is 0 Å². The van der Waals surface area contributed by atoms with Crippen molar-refractivity contribution in [3.8, 4) is 0 Å². The molecule has 0 aromatic heterocycles. The van der Waals surface area contributed by atoms with Crippen LogP contribution in [0.4, 0.5) is 0 Å². The van der Waals surface area contributed by atoms with Gasteiger partial charge in [-0.3, -0.25) is 0 Å². The molecule has 0 amide bonds. The maximum Gasteiger partial charge on any atom is 0.0701 e. The summed E-state index contributed by atoms with van der Waals surface area (Å²) in [5.74, 6) is 0. The van der Waals surface area contributed by atoms with Crippen LogP contribution in [0.15, 0.2) is 0 Å². The van der Waals surface area contributed by atoms with E-state index in [0.29, 0.717) is 0 Å². The molecule has 1 heterocycles. The Morgan fingerprint density at radius 2 is 1.00 bits per heavy atom. The number of hydrogen-bond acceptors (Lipinski definition) is 2. The maximum absolute atomic E-state index is 4.94. The molecule has 1 fully saturated rings. The summed E-state index contributed by atoms with van der Waals surface area (Å²) >= 11 is 0. The number of rotatable bonds is 0. The summed E-state index contributed by atoms with van der Waals surface area (Å²) in [5, 5.41) is 0. The molecule has 0 atom stereocenters. The Kier molecular flexibility index (Phi) is 5.52. The first-order chi connectivity index (χ1) is 3.00. The summed E-state index contributed by atoms with van der Waals surface area (Å²) in [7, 11) is 0. The van der Waals surface area contributed by atoms with Gasteiger partial charge in [0.1, 0.15) is 0 Å². The van der Waals surface area contributed by atoms with E-state index in [2.05, 4.69) is 0 Å². The third kappa shape index (κ3) is 3.39. The number of ether oxygens (including phenoxy) is 2. The smallest absolute Gasteiger partial charge is 0.0701 e. The van der Waals surface area contributed by atoms with Crippen molar-refractivity contribution >= 4 is 26.2 Å². The third-order valence-corrected chi connectivity index (χ3v) is 0.744. The van der Waals surface area contributed by atoms with Gasteiger partial charge in [0.2, 0.25) is 0 Å². The van der Waals surface area contributed by atoms with Crippen LogP contribution < -0.4 is 0 Å². The molecule has 0 bridgehead atoms. The minimum atomic E-state index is 0. The molecule has 7 heavy (non-hydrogen) atoms. The fraction of sp³-hybridized carbons (Fsp3) is 1.00. The second kappa shape index (κ2) is 4.95. The van der Waals surface area contributed by atoms with Crippen molar-refractivity contribution in [2.75, 3.05) is 26.4 Å². The molecule has 0 aliphatic carbocycles. The second-order valence-electron chi connectivity index (χ2n) is 1.22. The molecule has 3 radical (unpaired) electrons.